The average molecular weight is 798 g/mol. The Balaban J connectivity index is 1.33. The van der Waals surface area contributed by atoms with E-state index in [1.807, 2.05) is 11.3 Å². The zero-order chi connectivity index (χ0) is 41.5. The van der Waals surface area contributed by atoms with Crippen molar-refractivity contribution in [2.24, 2.45) is 0 Å². The molecule has 0 N–H and O–H groups in total. The third-order valence-electron chi connectivity index (χ3n) is 14.9. The number of fused-ring (bicyclic) bond motifs is 9. The minimum Gasteiger partial charge on any atom is -0.335 e. The molecule has 11 rings (SSSR count). The molecule has 1 aromatic heterocycles. The molecule has 0 bridgehead atoms. The van der Waals surface area contributed by atoms with Crippen molar-refractivity contribution in [3.8, 4) is 28.3 Å². The van der Waals surface area contributed by atoms with Gasteiger partial charge in [-0.25, -0.2) is 0 Å². The predicted octanol–water partition coefficient (Wildman–Crippen LogP) is 13.1. The SMILES string of the molecule is CC(C)(C)c1ccc(N2c3cc(-c4ccccc4)cc4c3B(c3cc(C#N)cc5c3N4C3(C)CCCCC53C)c3sc4ccc(C(C)(C)C)cc4c32)c(-c2ccccc2)c1. The Morgan fingerprint density at radius 3 is 2.00 bits per heavy atom. The minimum absolute atomic E-state index is 0.0217. The normalized spacial score (nSPS) is 20.1. The molecule has 0 spiro atoms. The summed E-state index contributed by atoms with van der Waals surface area (Å²) >= 11 is 1.95. The zero-order valence-electron chi connectivity index (χ0n) is 36.2. The van der Waals surface area contributed by atoms with Gasteiger partial charge in [0.15, 0.2) is 0 Å². The van der Waals surface area contributed by atoms with Gasteiger partial charge in [-0.2, -0.15) is 5.26 Å². The number of rotatable bonds is 3. The maximum absolute atomic E-state index is 10.8. The Labute approximate surface area is 360 Å². The number of hydrogen-bond acceptors (Lipinski definition) is 4. The van der Waals surface area contributed by atoms with Crippen LogP contribution in [0.1, 0.15) is 103 Å². The van der Waals surface area contributed by atoms with Gasteiger partial charge in [-0.05, 0) is 123 Å². The maximum atomic E-state index is 10.8. The first kappa shape index (κ1) is 37.4. The van der Waals surface area contributed by atoms with Gasteiger partial charge in [0.25, 0.3) is 6.71 Å². The first-order chi connectivity index (χ1) is 28.7. The van der Waals surface area contributed by atoms with Gasteiger partial charge in [0.1, 0.15) is 0 Å². The van der Waals surface area contributed by atoms with Gasteiger partial charge in [-0.3, -0.25) is 0 Å². The van der Waals surface area contributed by atoms with Gasteiger partial charge < -0.3 is 9.80 Å². The summed E-state index contributed by atoms with van der Waals surface area (Å²) in [6.45, 7) is 18.9. The van der Waals surface area contributed by atoms with E-state index in [0.29, 0.717) is 0 Å². The van der Waals surface area contributed by atoms with Crippen LogP contribution in [0.4, 0.5) is 28.4 Å². The highest BCUT2D eigenvalue weighted by molar-refractivity contribution is 7.33. The van der Waals surface area contributed by atoms with Crippen LogP contribution in [0.5, 0.6) is 0 Å². The lowest BCUT2D eigenvalue weighted by molar-refractivity contribution is 0.195. The van der Waals surface area contributed by atoms with Gasteiger partial charge in [0.05, 0.1) is 28.5 Å². The molecule has 2 unspecified atom stereocenters. The molecule has 0 radical (unpaired) electrons. The van der Waals surface area contributed by atoms with E-state index in [1.54, 1.807) is 0 Å². The van der Waals surface area contributed by atoms with Crippen LogP contribution in [-0.4, -0.2) is 12.3 Å². The molecule has 3 aliphatic heterocycles. The van der Waals surface area contributed by atoms with Crippen molar-refractivity contribution < 1.29 is 0 Å². The van der Waals surface area contributed by atoms with Crippen molar-refractivity contribution in [2.45, 2.75) is 103 Å². The van der Waals surface area contributed by atoms with Crippen LogP contribution in [0, 0.1) is 11.3 Å². The summed E-state index contributed by atoms with van der Waals surface area (Å²) in [5, 5.41) is 12.1. The third kappa shape index (κ3) is 5.13. The molecule has 3 nitrogen and oxygen atoms in total. The first-order valence-electron chi connectivity index (χ1n) is 21.9. The van der Waals surface area contributed by atoms with Gasteiger partial charge in [-0.1, -0.05) is 134 Å². The van der Waals surface area contributed by atoms with Crippen molar-refractivity contribution in [3.63, 3.8) is 0 Å². The second kappa shape index (κ2) is 12.7. The molecule has 1 saturated carbocycles. The smallest absolute Gasteiger partial charge is 0.264 e. The monoisotopic (exact) mass is 797 g/mol. The van der Waals surface area contributed by atoms with Crippen LogP contribution in [0.15, 0.2) is 121 Å². The van der Waals surface area contributed by atoms with Gasteiger partial charge in [0.2, 0.25) is 0 Å². The van der Waals surface area contributed by atoms with E-state index in [9.17, 15) is 5.26 Å². The van der Waals surface area contributed by atoms with E-state index in [2.05, 4.69) is 193 Å². The quantitative estimate of drug-likeness (QED) is 0.167. The fraction of sp³-hybridized carbons (Fsp3) is 0.291. The Morgan fingerprint density at radius 1 is 0.650 bits per heavy atom. The number of nitrogens with zero attached hydrogens (tertiary/aromatic N) is 3. The molecule has 0 saturated heterocycles. The highest BCUT2D eigenvalue weighted by Gasteiger charge is 2.61. The second-order valence-corrected chi connectivity index (χ2v) is 21.5. The number of benzene rings is 6. The molecule has 1 fully saturated rings. The van der Waals surface area contributed by atoms with Crippen LogP contribution in [0.25, 0.3) is 32.3 Å². The Hall–Kier alpha value is -5.57. The van der Waals surface area contributed by atoms with E-state index in [1.165, 1.54) is 106 Å². The Kier molecular flexibility index (Phi) is 7.94. The molecule has 1 aliphatic carbocycles. The molecule has 4 heterocycles. The van der Waals surface area contributed by atoms with Crippen LogP contribution >= 0.6 is 11.3 Å². The summed E-state index contributed by atoms with van der Waals surface area (Å²) in [6, 6.07) is 48.6. The molecular weight excluding hydrogens is 746 g/mol. The van der Waals surface area contributed by atoms with Crippen molar-refractivity contribution >= 4 is 72.3 Å². The van der Waals surface area contributed by atoms with Gasteiger partial charge >= 0.3 is 0 Å². The molecule has 0 amide bonds. The third-order valence-corrected chi connectivity index (χ3v) is 16.1. The van der Waals surface area contributed by atoms with Crippen LogP contribution < -0.4 is 25.5 Å². The lowest BCUT2D eigenvalue weighted by Crippen LogP contribution is -2.64. The van der Waals surface area contributed by atoms with Gasteiger partial charge in [0, 0.05) is 42.9 Å². The van der Waals surface area contributed by atoms with Crippen molar-refractivity contribution in [2.75, 3.05) is 9.80 Å². The minimum atomic E-state index is -0.152. The predicted molar refractivity (Wildman–Crippen MR) is 257 cm³/mol. The van der Waals surface area contributed by atoms with E-state index in [0.717, 1.165) is 18.4 Å². The molecule has 4 aliphatic rings. The molecule has 296 valence electrons. The van der Waals surface area contributed by atoms with Crippen molar-refractivity contribution in [1.82, 2.24) is 0 Å². The molecule has 2 atom stereocenters. The largest absolute Gasteiger partial charge is 0.335 e. The lowest BCUT2D eigenvalue weighted by atomic mass is 9.36. The standard InChI is InChI=1S/C55H52BN3S/c1-52(2,3)38-21-23-44(40(31-38)36-19-13-10-14-20-36)58-45-29-37(35-17-11-9-12-18-35)30-46-48(45)56(51-49(58)41-32-39(53(4,5)6)22-24-47(41)60-51)43-28-34(33-57)27-42-50(43)59(46)55(8)26-16-15-25-54(42,55)7/h9-14,17-24,27-32H,15-16,25-26H2,1-8H3. The average Bonchev–Trinajstić information content (AvgIpc) is 3.72. The van der Waals surface area contributed by atoms with Gasteiger partial charge in [-0.15, -0.1) is 11.3 Å². The first-order valence-corrected chi connectivity index (χ1v) is 22.7. The van der Waals surface area contributed by atoms with Crippen LogP contribution in [0.2, 0.25) is 0 Å². The van der Waals surface area contributed by atoms with E-state index < -0.39 is 0 Å². The van der Waals surface area contributed by atoms with Crippen molar-refractivity contribution in [3.05, 3.63) is 144 Å². The second-order valence-electron chi connectivity index (χ2n) is 20.4. The summed E-state index contributed by atoms with van der Waals surface area (Å²) in [7, 11) is 0. The van der Waals surface area contributed by atoms with Crippen molar-refractivity contribution in [1.29, 1.82) is 5.26 Å². The fourth-order valence-electron chi connectivity index (χ4n) is 11.4. The number of anilines is 5. The van der Waals surface area contributed by atoms with E-state index >= 15 is 0 Å². The summed E-state index contributed by atoms with van der Waals surface area (Å²) in [6.07, 6.45) is 4.62. The number of nitriles is 1. The molecule has 7 aromatic rings. The highest BCUT2D eigenvalue weighted by Crippen LogP contribution is 2.62. The topological polar surface area (TPSA) is 30.3 Å². The maximum Gasteiger partial charge on any atom is 0.264 e. The Morgan fingerprint density at radius 2 is 1.30 bits per heavy atom. The molecular formula is C55H52BN3S. The molecule has 5 heteroatoms. The number of thiophene rings is 1. The molecule has 60 heavy (non-hydrogen) atoms. The lowest BCUT2D eigenvalue weighted by Gasteiger charge is -2.52. The van der Waals surface area contributed by atoms with E-state index in [4.69, 9.17) is 0 Å². The Bertz CT molecular complexity index is 2960. The number of hydrogen-bond donors (Lipinski definition) is 0. The summed E-state index contributed by atoms with van der Waals surface area (Å²) in [4.78, 5) is 5.45. The summed E-state index contributed by atoms with van der Waals surface area (Å²) in [5.74, 6) is 0. The highest BCUT2D eigenvalue weighted by atomic mass is 32.1. The summed E-state index contributed by atoms with van der Waals surface area (Å²) in [5.41, 5.74) is 18.4. The van der Waals surface area contributed by atoms with Crippen LogP contribution in [-0.2, 0) is 16.2 Å². The van der Waals surface area contributed by atoms with E-state index in [-0.39, 0.29) is 28.5 Å². The zero-order valence-corrected chi connectivity index (χ0v) is 37.0. The fourth-order valence-corrected chi connectivity index (χ4v) is 12.7. The van der Waals surface area contributed by atoms with Crippen LogP contribution in [0.3, 0.4) is 0 Å². The summed E-state index contributed by atoms with van der Waals surface area (Å²) < 4.78 is 2.66. The molecule has 6 aromatic carbocycles.